The molecule has 0 aromatic heterocycles. The maximum atomic E-state index is 15.1. The number of amides is 2. The molecular formula is C32H42BFN2O6. The van der Waals surface area contributed by atoms with Crippen LogP contribution in [-0.2, 0) is 37.2 Å². The molecule has 2 aromatic rings. The molecule has 2 saturated heterocycles. The number of nitrogens with one attached hydrogen (secondary N) is 1. The number of alkyl carbamates (subject to hydrolysis) is 1. The molecule has 226 valence electrons. The SMILES string of the molecule is CC(C)(C)OC(=O)NCc1ccc2c(c1)C1(CCN(C(=O)Cc3ccc(B4OC(C)(C)C(C)(C)O4)c(F)c3)CC1)CO2. The summed E-state index contributed by atoms with van der Waals surface area (Å²) in [6.07, 6.45) is 1.21. The number of carbonyl (C=O) groups excluding carboxylic acids is 2. The van der Waals surface area contributed by atoms with Crippen molar-refractivity contribution in [2.45, 2.75) is 96.5 Å². The fourth-order valence-corrected chi connectivity index (χ4v) is 5.74. The fraction of sp³-hybridized carbons (Fsp3) is 0.562. The van der Waals surface area contributed by atoms with E-state index in [1.807, 2.05) is 65.5 Å². The van der Waals surface area contributed by atoms with E-state index in [0.29, 0.717) is 37.3 Å². The molecule has 2 fully saturated rings. The van der Waals surface area contributed by atoms with Gasteiger partial charge in [0.05, 0.1) is 24.2 Å². The van der Waals surface area contributed by atoms with Crippen molar-refractivity contribution in [2.24, 2.45) is 0 Å². The number of hydrogen-bond donors (Lipinski definition) is 1. The number of benzene rings is 2. The minimum Gasteiger partial charge on any atom is -0.492 e. The Morgan fingerprint density at radius 2 is 1.64 bits per heavy atom. The molecule has 8 nitrogen and oxygen atoms in total. The molecule has 0 radical (unpaired) electrons. The summed E-state index contributed by atoms with van der Waals surface area (Å²) in [6, 6.07) is 10.9. The second-order valence-corrected chi connectivity index (χ2v) is 13.8. The Morgan fingerprint density at radius 1 is 1.00 bits per heavy atom. The summed E-state index contributed by atoms with van der Waals surface area (Å²) in [4.78, 5) is 27.2. The van der Waals surface area contributed by atoms with E-state index in [9.17, 15) is 9.59 Å². The van der Waals surface area contributed by atoms with Crippen LogP contribution in [0.4, 0.5) is 9.18 Å². The molecule has 0 saturated carbocycles. The van der Waals surface area contributed by atoms with Gasteiger partial charge in [0.2, 0.25) is 5.91 Å². The second-order valence-electron chi connectivity index (χ2n) is 13.8. The zero-order valence-corrected chi connectivity index (χ0v) is 25.8. The van der Waals surface area contributed by atoms with Crippen molar-refractivity contribution < 1.29 is 32.8 Å². The highest BCUT2D eigenvalue weighted by molar-refractivity contribution is 6.62. The summed E-state index contributed by atoms with van der Waals surface area (Å²) in [7, 11) is -0.789. The van der Waals surface area contributed by atoms with Crippen molar-refractivity contribution in [1.82, 2.24) is 10.2 Å². The number of halogens is 1. The third-order valence-electron chi connectivity index (χ3n) is 8.96. The number of ether oxygens (including phenoxy) is 2. The van der Waals surface area contributed by atoms with Gasteiger partial charge in [-0.1, -0.05) is 18.2 Å². The largest absolute Gasteiger partial charge is 0.497 e. The normalized spacial score (nSPS) is 20.3. The van der Waals surface area contributed by atoms with Gasteiger partial charge in [-0.05, 0) is 90.6 Å². The molecule has 0 bridgehead atoms. The molecule has 2 amide bonds. The fourth-order valence-electron chi connectivity index (χ4n) is 5.74. The first-order valence-corrected chi connectivity index (χ1v) is 14.7. The molecule has 42 heavy (non-hydrogen) atoms. The van der Waals surface area contributed by atoms with Crippen LogP contribution in [0.25, 0.3) is 0 Å². The predicted molar refractivity (Wildman–Crippen MR) is 158 cm³/mol. The van der Waals surface area contributed by atoms with Crippen LogP contribution in [0.2, 0.25) is 0 Å². The van der Waals surface area contributed by atoms with E-state index < -0.39 is 35.8 Å². The van der Waals surface area contributed by atoms with E-state index in [0.717, 1.165) is 29.7 Å². The monoisotopic (exact) mass is 580 g/mol. The van der Waals surface area contributed by atoms with Gasteiger partial charge in [-0.3, -0.25) is 4.79 Å². The van der Waals surface area contributed by atoms with Crippen LogP contribution in [0.5, 0.6) is 5.75 Å². The Kier molecular flexibility index (Phi) is 7.85. The van der Waals surface area contributed by atoms with Crippen LogP contribution < -0.4 is 15.5 Å². The first-order valence-electron chi connectivity index (χ1n) is 14.7. The maximum Gasteiger partial charge on any atom is 0.497 e. The van der Waals surface area contributed by atoms with Gasteiger partial charge >= 0.3 is 13.2 Å². The van der Waals surface area contributed by atoms with E-state index in [1.165, 1.54) is 6.07 Å². The van der Waals surface area contributed by atoms with Crippen molar-refractivity contribution in [1.29, 1.82) is 0 Å². The molecule has 0 unspecified atom stereocenters. The standard InChI is InChI=1S/C32H42BFN2O6/c1-29(2,3)40-28(38)35-19-22-9-11-26-23(16-22)32(20-39-26)12-14-36(15-13-32)27(37)18-21-8-10-24(25(34)17-21)33-41-30(4,5)31(6,7)42-33/h8-11,16-17H,12-15,18-20H2,1-7H3,(H,35,38). The maximum absolute atomic E-state index is 15.1. The Labute approximate surface area is 248 Å². The lowest BCUT2D eigenvalue weighted by molar-refractivity contribution is -0.132. The third-order valence-corrected chi connectivity index (χ3v) is 8.96. The van der Waals surface area contributed by atoms with Crippen molar-refractivity contribution in [3.05, 3.63) is 58.9 Å². The third kappa shape index (κ3) is 6.15. The number of carbonyl (C=O) groups is 2. The zero-order valence-electron chi connectivity index (χ0n) is 25.8. The van der Waals surface area contributed by atoms with Crippen LogP contribution in [0.3, 0.4) is 0 Å². The number of rotatable bonds is 5. The van der Waals surface area contributed by atoms with Gasteiger partial charge in [-0.2, -0.15) is 0 Å². The number of piperidine rings is 1. The molecule has 1 N–H and O–H groups in total. The summed E-state index contributed by atoms with van der Waals surface area (Å²) in [5, 5.41) is 2.82. The number of fused-ring (bicyclic) bond motifs is 2. The molecule has 3 heterocycles. The summed E-state index contributed by atoms with van der Waals surface area (Å²) >= 11 is 0. The smallest absolute Gasteiger partial charge is 0.492 e. The Balaban J connectivity index is 1.18. The number of hydrogen-bond acceptors (Lipinski definition) is 6. The van der Waals surface area contributed by atoms with Crippen LogP contribution in [0.1, 0.15) is 78.0 Å². The summed E-state index contributed by atoms with van der Waals surface area (Å²) < 4.78 is 38.5. The number of likely N-dealkylation sites (tertiary alicyclic amines) is 1. The van der Waals surface area contributed by atoms with Gasteiger partial charge in [-0.15, -0.1) is 0 Å². The van der Waals surface area contributed by atoms with Gasteiger partial charge in [0.15, 0.2) is 0 Å². The molecule has 5 rings (SSSR count). The molecule has 10 heteroatoms. The van der Waals surface area contributed by atoms with E-state index >= 15 is 4.39 Å². The van der Waals surface area contributed by atoms with E-state index in [4.69, 9.17) is 18.8 Å². The Hall–Kier alpha value is -3.11. The van der Waals surface area contributed by atoms with E-state index in [-0.39, 0.29) is 17.7 Å². The van der Waals surface area contributed by atoms with Crippen molar-refractivity contribution >= 4 is 24.6 Å². The topological polar surface area (TPSA) is 86.3 Å². The summed E-state index contributed by atoms with van der Waals surface area (Å²) in [5.74, 6) is 0.392. The number of nitrogens with zero attached hydrogens (tertiary/aromatic N) is 1. The first kappa shape index (κ1) is 30.4. The Bertz CT molecular complexity index is 1350. The predicted octanol–water partition coefficient (Wildman–Crippen LogP) is 4.64. The molecular weight excluding hydrogens is 538 g/mol. The lowest BCUT2D eigenvalue weighted by Gasteiger charge is -2.38. The minimum atomic E-state index is -0.789. The molecule has 0 atom stereocenters. The van der Waals surface area contributed by atoms with Gasteiger partial charge in [0.25, 0.3) is 0 Å². The first-order chi connectivity index (χ1) is 19.6. The molecule has 3 aliphatic rings. The van der Waals surface area contributed by atoms with Crippen LogP contribution >= 0.6 is 0 Å². The van der Waals surface area contributed by atoms with Gasteiger partial charge < -0.3 is 29.0 Å². The zero-order chi connectivity index (χ0) is 30.5. The van der Waals surface area contributed by atoms with Crippen LogP contribution in [0.15, 0.2) is 36.4 Å². The van der Waals surface area contributed by atoms with E-state index in [1.54, 1.807) is 12.1 Å². The van der Waals surface area contributed by atoms with E-state index in [2.05, 4.69) is 11.4 Å². The average Bonchev–Trinajstić information content (AvgIpc) is 3.34. The van der Waals surface area contributed by atoms with Gasteiger partial charge in [0.1, 0.15) is 17.2 Å². The molecule has 0 aliphatic carbocycles. The van der Waals surface area contributed by atoms with Crippen molar-refractivity contribution in [2.75, 3.05) is 19.7 Å². The van der Waals surface area contributed by atoms with Crippen molar-refractivity contribution in [3.63, 3.8) is 0 Å². The lowest BCUT2D eigenvalue weighted by Crippen LogP contribution is -2.46. The highest BCUT2D eigenvalue weighted by Gasteiger charge is 2.52. The van der Waals surface area contributed by atoms with Crippen molar-refractivity contribution in [3.8, 4) is 5.75 Å². The highest BCUT2D eigenvalue weighted by Crippen LogP contribution is 2.46. The van der Waals surface area contributed by atoms with Gasteiger partial charge in [-0.25, -0.2) is 9.18 Å². The van der Waals surface area contributed by atoms with Crippen LogP contribution in [-0.4, -0.2) is 60.5 Å². The minimum absolute atomic E-state index is 0.0258. The highest BCUT2D eigenvalue weighted by atomic mass is 19.1. The van der Waals surface area contributed by atoms with Gasteiger partial charge in [0, 0.05) is 36.1 Å². The Morgan fingerprint density at radius 3 is 2.26 bits per heavy atom. The summed E-state index contributed by atoms with van der Waals surface area (Å²) in [5.41, 5.74) is 1.19. The van der Waals surface area contributed by atoms with Crippen LogP contribution in [0, 0.1) is 5.82 Å². The molecule has 1 spiro atoms. The quantitative estimate of drug-likeness (QED) is 0.519. The second kappa shape index (κ2) is 10.9. The molecule has 2 aromatic carbocycles. The molecule has 3 aliphatic heterocycles. The average molecular weight is 581 g/mol. The lowest BCUT2D eigenvalue weighted by atomic mass is 9.74. The summed E-state index contributed by atoms with van der Waals surface area (Å²) in [6.45, 7) is 15.3.